The first-order chi connectivity index (χ1) is 14.2. The Hall–Kier alpha value is -2.02. The number of aryl methyl sites for hydroxylation is 1. The number of piperazine rings is 1. The zero-order valence-electron chi connectivity index (χ0n) is 17.1. The van der Waals surface area contributed by atoms with Crippen LogP contribution in [0.4, 0.5) is 10.2 Å². The summed E-state index contributed by atoms with van der Waals surface area (Å²) in [7, 11) is 0. The summed E-state index contributed by atoms with van der Waals surface area (Å²) in [4.78, 5) is 8.65. The molecule has 3 fully saturated rings. The number of hydrogen-bond donors (Lipinski definition) is 0. The number of pyridine rings is 1. The Labute approximate surface area is 172 Å². The van der Waals surface area contributed by atoms with E-state index < -0.39 is 5.95 Å². The molecule has 0 spiro atoms. The van der Waals surface area contributed by atoms with Gasteiger partial charge in [0.25, 0.3) is 0 Å². The Bertz CT molecular complexity index is 815. The lowest BCUT2D eigenvalue weighted by atomic mass is 9.89. The Kier molecular flexibility index (Phi) is 5.48. The summed E-state index contributed by atoms with van der Waals surface area (Å²) in [5, 5.41) is 8.79. The van der Waals surface area contributed by atoms with E-state index in [2.05, 4.69) is 36.0 Å². The highest BCUT2D eigenvalue weighted by atomic mass is 19.1. The van der Waals surface area contributed by atoms with Crippen LogP contribution in [0.15, 0.2) is 24.4 Å². The summed E-state index contributed by atoms with van der Waals surface area (Å²) in [5.74, 6) is 3.10. The van der Waals surface area contributed by atoms with Gasteiger partial charge < -0.3 is 4.90 Å². The van der Waals surface area contributed by atoms with E-state index in [1.807, 2.05) is 6.07 Å². The van der Waals surface area contributed by atoms with Crippen molar-refractivity contribution < 1.29 is 4.39 Å². The molecule has 156 valence electrons. The number of anilines is 1. The number of nitrogens with zero attached hydrogens (tertiary/aromatic N) is 6. The van der Waals surface area contributed by atoms with Gasteiger partial charge in [0.15, 0.2) is 0 Å². The van der Waals surface area contributed by atoms with E-state index in [0.717, 1.165) is 81.4 Å². The molecule has 2 aromatic rings. The van der Waals surface area contributed by atoms with E-state index in [0.29, 0.717) is 0 Å². The van der Waals surface area contributed by atoms with Crippen molar-refractivity contribution in [2.45, 2.75) is 45.1 Å². The van der Waals surface area contributed by atoms with Crippen molar-refractivity contribution in [3.63, 3.8) is 0 Å². The second-order valence-electron chi connectivity index (χ2n) is 9.12. The third-order valence-electron chi connectivity index (χ3n) is 7.20. The zero-order valence-corrected chi connectivity index (χ0v) is 17.1. The van der Waals surface area contributed by atoms with Crippen LogP contribution >= 0.6 is 0 Å². The van der Waals surface area contributed by atoms with Crippen LogP contribution in [-0.2, 0) is 13.0 Å². The number of fused-ring (bicyclic) bond motifs is 2. The molecule has 0 aromatic carbocycles. The van der Waals surface area contributed by atoms with Gasteiger partial charge in [-0.25, -0.2) is 4.98 Å². The first-order valence-corrected chi connectivity index (χ1v) is 11.2. The maximum atomic E-state index is 13.3. The van der Waals surface area contributed by atoms with Crippen LogP contribution in [0.25, 0.3) is 0 Å². The van der Waals surface area contributed by atoms with Crippen molar-refractivity contribution in [1.82, 2.24) is 24.9 Å². The highest BCUT2D eigenvalue weighted by Gasteiger charge is 2.39. The van der Waals surface area contributed by atoms with E-state index >= 15 is 0 Å². The molecule has 2 bridgehead atoms. The van der Waals surface area contributed by atoms with Crippen LogP contribution < -0.4 is 4.90 Å². The van der Waals surface area contributed by atoms with Gasteiger partial charge in [-0.3, -0.25) is 9.58 Å². The molecule has 2 saturated carbocycles. The number of rotatable bonds is 7. The van der Waals surface area contributed by atoms with E-state index in [4.69, 9.17) is 0 Å². The summed E-state index contributed by atoms with van der Waals surface area (Å²) in [6, 6.07) is 5.01. The van der Waals surface area contributed by atoms with Gasteiger partial charge in [0.2, 0.25) is 5.95 Å². The van der Waals surface area contributed by atoms with Gasteiger partial charge in [-0.05, 0) is 68.5 Å². The molecule has 2 aliphatic carbocycles. The third kappa shape index (κ3) is 4.44. The van der Waals surface area contributed by atoms with E-state index in [1.54, 1.807) is 6.07 Å². The fourth-order valence-corrected chi connectivity index (χ4v) is 5.64. The molecule has 2 aromatic heterocycles. The molecule has 0 N–H and O–H groups in total. The molecule has 7 heteroatoms. The molecule has 3 heterocycles. The monoisotopic (exact) mass is 398 g/mol. The quantitative estimate of drug-likeness (QED) is 0.671. The number of halogens is 1. The van der Waals surface area contributed by atoms with Crippen LogP contribution in [-0.4, -0.2) is 57.6 Å². The fraction of sp³-hybridized carbons (Fsp3) is 0.682. The van der Waals surface area contributed by atoms with Crippen LogP contribution in [0.2, 0.25) is 0 Å². The summed E-state index contributed by atoms with van der Waals surface area (Å²) in [6.45, 7) is 5.92. The SMILES string of the molecule is Fc1cccc(N2CCN(CCCc3cn(CC4CC5CCC4C5)nn3)CC2)n1. The normalized spacial score (nSPS) is 27.1. The van der Waals surface area contributed by atoms with E-state index in [1.165, 1.54) is 31.7 Å². The molecule has 0 amide bonds. The molecule has 3 atom stereocenters. The average Bonchev–Trinajstić information content (AvgIpc) is 3.46. The van der Waals surface area contributed by atoms with Crippen LogP contribution in [0.1, 0.15) is 37.8 Å². The summed E-state index contributed by atoms with van der Waals surface area (Å²) >= 11 is 0. The van der Waals surface area contributed by atoms with Gasteiger partial charge in [0, 0.05) is 38.9 Å². The third-order valence-corrected chi connectivity index (χ3v) is 7.20. The van der Waals surface area contributed by atoms with Crippen molar-refractivity contribution >= 4 is 5.82 Å². The maximum Gasteiger partial charge on any atom is 0.214 e. The molecule has 3 unspecified atom stereocenters. The second-order valence-corrected chi connectivity index (χ2v) is 9.12. The van der Waals surface area contributed by atoms with Crippen LogP contribution in [0, 0.1) is 23.7 Å². The lowest BCUT2D eigenvalue weighted by Crippen LogP contribution is -2.47. The molecule has 5 rings (SSSR count). The average molecular weight is 399 g/mol. The van der Waals surface area contributed by atoms with Crippen LogP contribution in [0.3, 0.4) is 0 Å². The van der Waals surface area contributed by atoms with Crippen molar-refractivity contribution in [3.05, 3.63) is 36.0 Å². The van der Waals surface area contributed by atoms with Gasteiger partial charge >= 0.3 is 0 Å². The molecule has 1 aliphatic heterocycles. The Morgan fingerprint density at radius 3 is 2.72 bits per heavy atom. The number of hydrogen-bond acceptors (Lipinski definition) is 5. The highest BCUT2D eigenvalue weighted by Crippen LogP contribution is 2.48. The largest absolute Gasteiger partial charge is 0.354 e. The van der Waals surface area contributed by atoms with Crippen molar-refractivity contribution in [3.8, 4) is 0 Å². The molecule has 3 aliphatic rings. The fourth-order valence-electron chi connectivity index (χ4n) is 5.64. The van der Waals surface area contributed by atoms with Crippen molar-refractivity contribution in [2.75, 3.05) is 37.6 Å². The predicted octanol–water partition coefficient (Wildman–Crippen LogP) is 3.00. The molecular formula is C22H31FN6. The number of aromatic nitrogens is 4. The van der Waals surface area contributed by atoms with Crippen LogP contribution in [0.5, 0.6) is 0 Å². The van der Waals surface area contributed by atoms with Gasteiger partial charge in [-0.2, -0.15) is 4.39 Å². The Morgan fingerprint density at radius 1 is 1.07 bits per heavy atom. The summed E-state index contributed by atoms with van der Waals surface area (Å²) in [6.07, 6.45) is 9.99. The van der Waals surface area contributed by atoms with Gasteiger partial charge in [-0.15, -0.1) is 5.10 Å². The lowest BCUT2D eigenvalue weighted by Gasteiger charge is -2.35. The second kappa shape index (κ2) is 8.38. The molecule has 0 radical (unpaired) electrons. The minimum atomic E-state index is -0.404. The van der Waals surface area contributed by atoms with E-state index in [9.17, 15) is 4.39 Å². The van der Waals surface area contributed by atoms with Gasteiger partial charge in [-0.1, -0.05) is 17.7 Å². The Morgan fingerprint density at radius 2 is 1.97 bits per heavy atom. The Balaban J connectivity index is 1.03. The lowest BCUT2D eigenvalue weighted by molar-refractivity contribution is 0.254. The standard InChI is InChI=1S/C22H31FN6/c23-21-4-1-5-22(24-21)28-11-9-27(10-12-28)8-2-3-20-16-29(26-25-20)15-19-14-17-6-7-18(19)13-17/h1,4-5,16-19H,2-3,6-15H2. The maximum absolute atomic E-state index is 13.3. The predicted molar refractivity (Wildman–Crippen MR) is 110 cm³/mol. The highest BCUT2D eigenvalue weighted by molar-refractivity contribution is 5.38. The van der Waals surface area contributed by atoms with Gasteiger partial charge in [0.05, 0.1) is 5.69 Å². The smallest absolute Gasteiger partial charge is 0.214 e. The molecule has 1 saturated heterocycles. The first-order valence-electron chi connectivity index (χ1n) is 11.2. The van der Waals surface area contributed by atoms with Gasteiger partial charge in [0.1, 0.15) is 5.82 Å². The minimum Gasteiger partial charge on any atom is -0.354 e. The summed E-state index contributed by atoms with van der Waals surface area (Å²) < 4.78 is 15.4. The molecule has 29 heavy (non-hydrogen) atoms. The summed E-state index contributed by atoms with van der Waals surface area (Å²) in [5.41, 5.74) is 1.12. The molecule has 6 nitrogen and oxygen atoms in total. The topological polar surface area (TPSA) is 50.1 Å². The van der Waals surface area contributed by atoms with Crippen molar-refractivity contribution in [1.29, 1.82) is 0 Å². The van der Waals surface area contributed by atoms with Crippen molar-refractivity contribution in [2.24, 2.45) is 17.8 Å². The first kappa shape index (κ1) is 19.0. The van der Waals surface area contributed by atoms with E-state index in [-0.39, 0.29) is 0 Å². The minimum absolute atomic E-state index is 0.404. The zero-order chi connectivity index (χ0) is 19.6. The molecular weight excluding hydrogens is 367 g/mol.